The number of hydrogen-bond donors (Lipinski definition) is 0. The smallest absolute Gasteiger partial charge is 0.257 e. The second-order valence-electron chi connectivity index (χ2n) is 7.02. The van der Waals surface area contributed by atoms with E-state index in [1.807, 2.05) is 30.3 Å². The molecule has 9 heteroatoms. The van der Waals surface area contributed by atoms with Crippen molar-refractivity contribution in [3.63, 3.8) is 0 Å². The molecule has 3 aromatic rings. The lowest BCUT2D eigenvalue weighted by Crippen LogP contribution is -2.38. The molecule has 1 aromatic heterocycles. The molecule has 1 aliphatic rings. The van der Waals surface area contributed by atoms with Gasteiger partial charge in [0.2, 0.25) is 10.0 Å². The predicted molar refractivity (Wildman–Crippen MR) is 110 cm³/mol. The van der Waals surface area contributed by atoms with Crippen LogP contribution >= 0.6 is 0 Å². The van der Waals surface area contributed by atoms with E-state index >= 15 is 0 Å². The highest BCUT2D eigenvalue weighted by atomic mass is 32.2. The lowest BCUT2D eigenvalue weighted by Gasteiger charge is -2.29. The molecule has 0 N–H and O–H groups in total. The molecule has 1 aliphatic heterocycles. The van der Waals surface area contributed by atoms with Crippen LogP contribution in [0.15, 0.2) is 57.9 Å². The molecular weight excluding hydrogens is 406 g/mol. The summed E-state index contributed by atoms with van der Waals surface area (Å²) in [6, 6.07) is 14.2. The van der Waals surface area contributed by atoms with E-state index in [4.69, 9.17) is 14.0 Å². The van der Waals surface area contributed by atoms with Gasteiger partial charge in [-0.2, -0.15) is 9.29 Å². The molecule has 0 atom stereocenters. The van der Waals surface area contributed by atoms with Gasteiger partial charge in [-0.25, -0.2) is 8.42 Å². The summed E-state index contributed by atoms with van der Waals surface area (Å²) in [6.07, 6.45) is 1.25. The van der Waals surface area contributed by atoms with E-state index in [-0.39, 0.29) is 10.8 Å². The second-order valence-corrected chi connectivity index (χ2v) is 8.96. The molecule has 1 fully saturated rings. The molecule has 0 saturated carbocycles. The Bertz CT molecular complexity index is 1110. The maximum Gasteiger partial charge on any atom is 0.257 e. The minimum atomic E-state index is -3.63. The van der Waals surface area contributed by atoms with Crippen LogP contribution in [0.2, 0.25) is 0 Å². The highest BCUT2D eigenvalue weighted by molar-refractivity contribution is 7.89. The van der Waals surface area contributed by atoms with Gasteiger partial charge in [0.1, 0.15) is 0 Å². The van der Waals surface area contributed by atoms with Gasteiger partial charge in [0.25, 0.3) is 5.89 Å². The third-order valence-electron chi connectivity index (χ3n) is 5.27. The predicted octanol–water partition coefficient (Wildman–Crippen LogP) is 3.32. The standard InChI is InChI=1S/C21H23N3O5S/c1-27-18-9-8-17(14-19(18)28-2)30(25,26)24-12-10-15(11-13-24)20-22-21(29-23-20)16-6-4-3-5-7-16/h3-9,14-15H,10-13H2,1-2H3. The van der Waals surface area contributed by atoms with Crippen molar-refractivity contribution in [1.29, 1.82) is 0 Å². The van der Waals surface area contributed by atoms with Crippen LogP contribution in [-0.4, -0.2) is 50.2 Å². The minimum absolute atomic E-state index is 0.0584. The number of piperidine rings is 1. The van der Waals surface area contributed by atoms with Crippen molar-refractivity contribution in [2.45, 2.75) is 23.7 Å². The van der Waals surface area contributed by atoms with E-state index in [1.54, 1.807) is 6.07 Å². The molecule has 0 unspecified atom stereocenters. The summed E-state index contributed by atoms with van der Waals surface area (Å²) in [7, 11) is -0.637. The van der Waals surface area contributed by atoms with Crippen LogP contribution in [-0.2, 0) is 10.0 Å². The van der Waals surface area contributed by atoms with Crippen LogP contribution in [0.1, 0.15) is 24.6 Å². The highest BCUT2D eigenvalue weighted by Gasteiger charge is 2.32. The van der Waals surface area contributed by atoms with Crippen LogP contribution < -0.4 is 9.47 Å². The average Bonchev–Trinajstić information content (AvgIpc) is 3.29. The fourth-order valence-electron chi connectivity index (χ4n) is 3.58. The molecule has 2 heterocycles. The Morgan fingerprint density at radius 3 is 2.37 bits per heavy atom. The van der Waals surface area contributed by atoms with Crippen molar-refractivity contribution >= 4 is 10.0 Å². The van der Waals surface area contributed by atoms with Crippen molar-refractivity contribution in [1.82, 2.24) is 14.4 Å². The number of methoxy groups -OCH3 is 2. The number of hydrogen-bond acceptors (Lipinski definition) is 7. The fourth-order valence-corrected chi connectivity index (χ4v) is 5.06. The SMILES string of the molecule is COc1ccc(S(=O)(=O)N2CCC(c3noc(-c4ccccc4)n3)CC2)cc1OC. The minimum Gasteiger partial charge on any atom is -0.493 e. The van der Waals surface area contributed by atoms with Crippen LogP contribution in [0.25, 0.3) is 11.5 Å². The van der Waals surface area contributed by atoms with Gasteiger partial charge in [-0.05, 0) is 37.1 Å². The van der Waals surface area contributed by atoms with E-state index < -0.39 is 10.0 Å². The molecule has 1 saturated heterocycles. The van der Waals surface area contributed by atoms with E-state index in [0.29, 0.717) is 49.1 Å². The van der Waals surface area contributed by atoms with Crippen LogP contribution in [0.3, 0.4) is 0 Å². The molecule has 0 radical (unpaired) electrons. The van der Waals surface area contributed by atoms with Gasteiger partial charge < -0.3 is 14.0 Å². The molecule has 0 spiro atoms. The normalized spacial score (nSPS) is 15.8. The van der Waals surface area contributed by atoms with E-state index in [2.05, 4.69) is 10.1 Å². The van der Waals surface area contributed by atoms with Crippen LogP contribution in [0.4, 0.5) is 0 Å². The summed E-state index contributed by atoms with van der Waals surface area (Å²) in [5.74, 6) is 2.03. The van der Waals surface area contributed by atoms with Crippen LogP contribution in [0, 0.1) is 0 Å². The first kappa shape index (κ1) is 20.4. The van der Waals surface area contributed by atoms with Crippen molar-refractivity contribution in [2.75, 3.05) is 27.3 Å². The second kappa shape index (κ2) is 8.45. The number of nitrogens with zero attached hydrogens (tertiary/aromatic N) is 3. The van der Waals surface area contributed by atoms with E-state index in [0.717, 1.165) is 5.56 Å². The maximum absolute atomic E-state index is 13.1. The summed E-state index contributed by atoms with van der Waals surface area (Å²) >= 11 is 0. The van der Waals surface area contributed by atoms with Crippen molar-refractivity contribution in [2.24, 2.45) is 0 Å². The Balaban J connectivity index is 1.46. The summed E-state index contributed by atoms with van der Waals surface area (Å²) in [5, 5.41) is 4.12. The summed E-state index contributed by atoms with van der Waals surface area (Å²) in [6.45, 7) is 0.771. The number of benzene rings is 2. The van der Waals surface area contributed by atoms with Crippen molar-refractivity contribution < 1.29 is 22.4 Å². The van der Waals surface area contributed by atoms with Crippen LogP contribution in [0.5, 0.6) is 11.5 Å². The summed E-state index contributed by atoms with van der Waals surface area (Å²) < 4.78 is 43.4. The topological polar surface area (TPSA) is 94.8 Å². The third-order valence-corrected chi connectivity index (χ3v) is 7.17. The van der Waals surface area contributed by atoms with Crippen molar-refractivity contribution in [3.8, 4) is 23.0 Å². The van der Waals surface area contributed by atoms with Gasteiger partial charge in [0.05, 0.1) is 19.1 Å². The summed E-state index contributed by atoms with van der Waals surface area (Å²) in [5.41, 5.74) is 0.865. The Labute approximate surface area is 175 Å². The average molecular weight is 429 g/mol. The van der Waals surface area contributed by atoms with Gasteiger partial charge in [-0.3, -0.25) is 0 Å². The Kier molecular flexibility index (Phi) is 5.74. The molecule has 158 valence electrons. The third kappa shape index (κ3) is 3.90. The van der Waals surface area contributed by atoms with Crippen molar-refractivity contribution in [3.05, 3.63) is 54.4 Å². The largest absolute Gasteiger partial charge is 0.493 e. The zero-order valence-corrected chi connectivity index (χ0v) is 17.6. The molecule has 8 nitrogen and oxygen atoms in total. The van der Waals surface area contributed by atoms with Gasteiger partial charge >= 0.3 is 0 Å². The number of rotatable bonds is 6. The zero-order chi connectivity index (χ0) is 21.1. The first-order chi connectivity index (χ1) is 14.5. The fraction of sp³-hybridized carbons (Fsp3) is 0.333. The molecular formula is C21H23N3O5S. The lowest BCUT2D eigenvalue weighted by atomic mass is 9.97. The number of aromatic nitrogens is 2. The Morgan fingerprint density at radius 2 is 1.70 bits per heavy atom. The molecule has 0 aliphatic carbocycles. The zero-order valence-electron chi connectivity index (χ0n) is 16.8. The first-order valence-electron chi connectivity index (χ1n) is 9.64. The van der Waals surface area contributed by atoms with Gasteiger partial charge in [-0.15, -0.1) is 0 Å². The molecule has 2 aromatic carbocycles. The van der Waals surface area contributed by atoms with E-state index in [1.165, 1.54) is 30.7 Å². The molecule has 0 bridgehead atoms. The molecule has 30 heavy (non-hydrogen) atoms. The molecule has 4 rings (SSSR count). The van der Waals surface area contributed by atoms with Gasteiger partial charge in [-0.1, -0.05) is 23.4 Å². The molecule has 0 amide bonds. The summed E-state index contributed by atoms with van der Waals surface area (Å²) in [4.78, 5) is 4.70. The van der Waals surface area contributed by atoms with Gasteiger partial charge in [0, 0.05) is 30.6 Å². The Hall–Kier alpha value is -2.91. The number of ether oxygens (including phenoxy) is 2. The number of sulfonamides is 1. The highest BCUT2D eigenvalue weighted by Crippen LogP contribution is 2.33. The first-order valence-corrected chi connectivity index (χ1v) is 11.1. The lowest BCUT2D eigenvalue weighted by molar-refractivity contribution is 0.306. The maximum atomic E-state index is 13.1. The Morgan fingerprint density at radius 1 is 1.00 bits per heavy atom. The monoisotopic (exact) mass is 429 g/mol. The van der Waals surface area contributed by atoms with E-state index in [9.17, 15) is 8.42 Å². The van der Waals surface area contributed by atoms with Gasteiger partial charge in [0.15, 0.2) is 17.3 Å². The quantitative estimate of drug-likeness (QED) is 0.593.